The van der Waals surface area contributed by atoms with Crippen molar-refractivity contribution >= 4 is 22.7 Å². The Morgan fingerprint density at radius 2 is 2.33 bits per heavy atom. The third-order valence-electron chi connectivity index (χ3n) is 3.54. The van der Waals surface area contributed by atoms with Gasteiger partial charge in [-0.3, -0.25) is 0 Å². The molecule has 1 saturated heterocycles. The number of hydrogen-bond donors (Lipinski definition) is 3. The number of benzene rings is 1. The Bertz CT molecular complexity index is 531. The number of rotatable bonds is 4. The molecule has 0 bridgehead atoms. The summed E-state index contributed by atoms with van der Waals surface area (Å²) < 4.78 is 0. The molecule has 96 valence electrons. The Balaban J connectivity index is 1.64. The Morgan fingerprint density at radius 1 is 1.39 bits per heavy atom. The molecule has 2 aromatic rings. The normalized spacial score (nSPS) is 23.8. The van der Waals surface area contributed by atoms with E-state index in [1.807, 2.05) is 18.0 Å². The molecule has 1 aromatic heterocycles. The standard InChI is InChI=1S/C14H18N2OS/c17-14(5-7-18-10-14)9-15-8-11-2-1-3-13-12(11)4-6-16-13/h1-4,6,15-17H,5,7-10H2. The Hall–Kier alpha value is -0.970. The van der Waals surface area contributed by atoms with Gasteiger partial charge in [-0.2, -0.15) is 11.8 Å². The van der Waals surface area contributed by atoms with Crippen molar-refractivity contribution in [2.45, 2.75) is 18.6 Å². The van der Waals surface area contributed by atoms with Gasteiger partial charge in [-0.1, -0.05) is 12.1 Å². The molecular formula is C14H18N2OS. The van der Waals surface area contributed by atoms with Gasteiger partial charge in [-0.15, -0.1) is 0 Å². The minimum atomic E-state index is -0.503. The highest BCUT2D eigenvalue weighted by Gasteiger charge is 2.30. The third-order valence-corrected chi connectivity index (χ3v) is 4.77. The quantitative estimate of drug-likeness (QED) is 0.791. The summed E-state index contributed by atoms with van der Waals surface area (Å²) in [7, 11) is 0. The summed E-state index contributed by atoms with van der Waals surface area (Å²) in [6.45, 7) is 1.49. The van der Waals surface area contributed by atoms with Gasteiger partial charge in [0.05, 0.1) is 5.60 Å². The SMILES string of the molecule is OC1(CNCc2cccc3[nH]ccc23)CCSC1. The largest absolute Gasteiger partial charge is 0.388 e. The number of H-pyrrole nitrogens is 1. The van der Waals surface area contributed by atoms with Crippen LogP contribution in [0.4, 0.5) is 0 Å². The van der Waals surface area contributed by atoms with Crippen LogP contribution in [-0.2, 0) is 6.54 Å². The molecule has 1 aliphatic heterocycles. The summed E-state index contributed by atoms with van der Waals surface area (Å²) in [5, 5.41) is 14.9. The first-order chi connectivity index (χ1) is 8.77. The third kappa shape index (κ3) is 2.41. The molecule has 0 aliphatic carbocycles. The first-order valence-electron chi connectivity index (χ1n) is 6.33. The van der Waals surface area contributed by atoms with E-state index in [9.17, 15) is 5.11 Å². The van der Waals surface area contributed by atoms with E-state index < -0.39 is 5.60 Å². The van der Waals surface area contributed by atoms with Crippen LogP contribution in [0.1, 0.15) is 12.0 Å². The van der Waals surface area contributed by atoms with E-state index in [1.54, 1.807) is 0 Å². The zero-order chi connectivity index (χ0) is 12.4. The molecule has 2 heterocycles. The Morgan fingerprint density at radius 3 is 3.17 bits per heavy atom. The average Bonchev–Trinajstić information content (AvgIpc) is 2.98. The summed E-state index contributed by atoms with van der Waals surface area (Å²) in [4.78, 5) is 3.22. The van der Waals surface area contributed by atoms with Crippen molar-refractivity contribution in [3.05, 3.63) is 36.0 Å². The smallest absolute Gasteiger partial charge is 0.0869 e. The molecule has 0 amide bonds. The van der Waals surface area contributed by atoms with Crippen molar-refractivity contribution in [2.24, 2.45) is 0 Å². The second-order valence-corrected chi connectivity index (χ2v) is 6.09. The van der Waals surface area contributed by atoms with Crippen LogP contribution in [0.2, 0.25) is 0 Å². The number of nitrogens with one attached hydrogen (secondary N) is 2. The van der Waals surface area contributed by atoms with Crippen LogP contribution in [0.15, 0.2) is 30.5 Å². The molecule has 4 heteroatoms. The fourth-order valence-electron chi connectivity index (χ4n) is 2.47. The van der Waals surface area contributed by atoms with Crippen LogP contribution in [0.5, 0.6) is 0 Å². The van der Waals surface area contributed by atoms with Gasteiger partial charge in [-0.05, 0) is 29.9 Å². The van der Waals surface area contributed by atoms with E-state index in [0.717, 1.165) is 24.5 Å². The minimum absolute atomic E-state index is 0.503. The molecule has 3 nitrogen and oxygen atoms in total. The van der Waals surface area contributed by atoms with Gasteiger partial charge in [0.15, 0.2) is 0 Å². The molecule has 1 atom stereocenters. The van der Waals surface area contributed by atoms with E-state index in [2.05, 4.69) is 34.6 Å². The van der Waals surface area contributed by atoms with Crippen LogP contribution in [0, 0.1) is 0 Å². The average molecular weight is 262 g/mol. The number of thioether (sulfide) groups is 1. The lowest BCUT2D eigenvalue weighted by Gasteiger charge is -2.21. The molecule has 3 rings (SSSR count). The number of hydrogen-bond acceptors (Lipinski definition) is 3. The molecule has 18 heavy (non-hydrogen) atoms. The predicted molar refractivity (Wildman–Crippen MR) is 76.9 cm³/mol. The van der Waals surface area contributed by atoms with Crippen molar-refractivity contribution in [1.29, 1.82) is 0 Å². The van der Waals surface area contributed by atoms with Crippen molar-refractivity contribution in [1.82, 2.24) is 10.3 Å². The summed E-state index contributed by atoms with van der Waals surface area (Å²) in [5.41, 5.74) is 1.95. The molecule has 0 spiro atoms. The number of fused-ring (bicyclic) bond motifs is 1. The lowest BCUT2D eigenvalue weighted by Crippen LogP contribution is -2.40. The summed E-state index contributed by atoms with van der Waals surface area (Å²) in [6.07, 6.45) is 2.87. The van der Waals surface area contributed by atoms with E-state index in [0.29, 0.717) is 6.54 Å². The second-order valence-electron chi connectivity index (χ2n) is 4.99. The van der Waals surface area contributed by atoms with Crippen molar-refractivity contribution in [3.8, 4) is 0 Å². The topological polar surface area (TPSA) is 48.0 Å². The molecule has 1 unspecified atom stereocenters. The maximum atomic E-state index is 10.3. The van der Waals surface area contributed by atoms with Gasteiger partial charge in [0.1, 0.15) is 0 Å². The first-order valence-corrected chi connectivity index (χ1v) is 7.48. The monoisotopic (exact) mass is 262 g/mol. The van der Waals surface area contributed by atoms with Gasteiger partial charge >= 0.3 is 0 Å². The molecule has 3 N–H and O–H groups in total. The van der Waals surface area contributed by atoms with Gasteiger partial charge in [-0.25, -0.2) is 0 Å². The summed E-state index contributed by atoms with van der Waals surface area (Å²) >= 11 is 1.84. The lowest BCUT2D eigenvalue weighted by molar-refractivity contribution is 0.0675. The van der Waals surface area contributed by atoms with E-state index >= 15 is 0 Å². The van der Waals surface area contributed by atoms with Gasteiger partial charge in [0.25, 0.3) is 0 Å². The van der Waals surface area contributed by atoms with Crippen molar-refractivity contribution in [3.63, 3.8) is 0 Å². The fraction of sp³-hybridized carbons (Fsp3) is 0.429. The Kier molecular flexibility index (Phi) is 3.33. The Labute approximate surface area is 111 Å². The van der Waals surface area contributed by atoms with Crippen LogP contribution < -0.4 is 5.32 Å². The van der Waals surface area contributed by atoms with Crippen LogP contribution in [0.25, 0.3) is 10.9 Å². The van der Waals surface area contributed by atoms with Crippen LogP contribution >= 0.6 is 11.8 Å². The van der Waals surface area contributed by atoms with Crippen molar-refractivity contribution in [2.75, 3.05) is 18.1 Å². The van der Waals surface area contributed by atoms with Gasteiger partial charge in [0.2, 0.25) is 0 Å². The van der Waals surface area contributed by atoms with Crippen LogP contribution in [-0.4, -0.2) is 33.7 Å². The number of aromatic amines is 1. The maximum absolute atomic E-state index is 10.3. The predicted octanol–water partition coefficient (Wildman–Crippen LogP) is 2.13. The molecule has 1 fully saturated rings. The van der Waals surface area contributed by atoms with Gasteiger partial charge < -0.3 is 15.4 Å². The first kappa shape index (κ1) is 12.1. The van der Waals surface area contributed by atoms with E-state index in [-0.39, 0.29) is 0 Å². The number of aliphatic hydroxyl groups is 1. The van der Waals surface area contributed by atoms with E-state index in [1.165, 1.54) is 16.5 Å². The van der Waals surface area contributed by atoms with Gasteiger partial charge in [0, 0.05) is 35.9 Å². The second kappa shape index (κ2) is 4.96. The highest BCUT2D eigenvalue weighted by Crippen LogP contribution is 2.27. The minimum Gasteiger partial charge on any atom is -0.388 e. The molecule has 0 saturated carbocycles. The lowest BCUT2D eigenvalue weighted by atomic mass is 10.0. The fourth-order valence-corrected chi connectivity index (χ4v) is 3.77. The molecule has 1 aliphatic rings. The molecule has 0 radical (unpaired) electrons. The molecular weight excluding hydrogens is 244 g/mol. The zero-order valence-corrected chi connectivity index (χ0v) is 11.1. The van der Waals surface area contributed by atoms with Crippen molar-refractivity contribution < 1.29 is 5.11 Å². The van der Waals surface area contributed by atoms with Crippen LogP contribution in [0.3, 0.4) is 0 Å². The summed E-state index contributed by atoms with van der Waals surface area (Å²) in [5.74, 6) is 1.93. The molecule has 1 aromatic carbocycles. The highest BCUT2D eigenvalue weighted by molar-refractivity contribution is 7.99. The zero-order valence-electron chi connectivity index (χ0n) is 10.3. The summed E-state index contributed by atoms with van der Waals surface area (Å²) in [6, 6.07) is 8.39. The number of aromatic nitrogens is 1. The van der Waals surface area contributed by atoms with E-state index in [4.69, 9.17) is 0 Å². The maximum Gasteiger partial charge on any atom is 0.0869 e. The highest BCUT2D eigenvalue weighted by atomic mass is 32.2.